The number of thiophene rings is 1. The minimum Gasteiger partial charge on any atom is -0.465 e. The topological polar surface area (TPSA) is 74.4 Å². The number of rotatable bonds is 2. The second-order valence-corrected chi connectivity index (χ2v) is 11.0. The van der Waals surface area contributed by atoms with Crippen LogP contribution in [-0.4, -0.2) is 34.8 Å². The Hall–Kier alpha value is -3.53. The van der Waals surface area contributed by atoms with Crippen molar-refractivity contribution < 1.29 is 14.6 Å². The highest BCUT2D eigenvalue weighted by Gasteiger charge is 2.40. The van der Waals surface area contributed by atoms with E-state index < -0.39 is 11.6 Å². The van der Waals surface area contributed by atoms with Gasteiger partial charge < -0.3 is 20.1 Å². The second-order valence-electron chi connectivity index (χ2n) is 10.1. The van der Waals surface area contributed by atoms with Crippen LogP contribution in [-0.2, 0) is 4.74 Å². The van der Waals surface area contributed by atoms with Crippen LogP contribution >= 0.6 is 11.3 Å². The van der Waals surface area contributed by atoms with Crippen LogP contribution in [0.25, 0.3) is 22.0 Å². The zero-order valence-electron chi connectivity index (χ0n) is 21.4. The fraction of sp³-hybridized carbons (Fsp3) is 0.300. The molecule has 0 amide bonds. The monoisotopic (exact) mass is 498 g/mol. The van der Waals surface area contributed by atoms with Gasteiger partial charge in [0.25, 0.3) is 0 Å². The van der Waals surface area contributed by atoms with Crippen molar-refractivity contribution in [3.05, 3.63) is 74.6 Å². The maximum Gasteiger partial charge on any atom is 0.349 e. The molecule has 2 aromatic carbocycles. The summed E-state index contributed by atoms with van der Waals surface area (Å²) in [7, 11) is 1.38. The number of aromatic nitrogens is 1. The molecule has 1 aliphatic rings. The van der Waals surface area contributed by atoms with Crippen LogP contribution in [0.5, 0.6) is 0 Å². The fourth-order valence-corrected chi connectivity index (χ4v) is 6.06. The number of carbonyl (C=O) groups excluding carboxylic acids is 1. The predicted molar refractivity (Wildman–Crippen MR) is 147 cm³/mol. The van der Waals surface area contributed by atoms with Crippen molar-refractivity contribution in [2.75, 3.05) is 12.4 Å². The van der Waals surface area contributed by atoms with Crippen LogP contribution in [0.2, 0.25) is 0 Å². The highest BCUT2D eigenvalue weighted by Crippen LogP contribution is 2.46. The number of aliphatic hydroxyl groups is 1. The number of fused-ring (bicyclic) bond motifs is 2. The van der Waals surface area contributed by atoms with Gasteiger partial charge in [-0.15, -0.1) is 11.3 Å². The molecule has 6 heteroatoms. The van der Waals surface area contributed by atoms with Crippen LogP contribution in [0.15, 0.2) is 41.9 Å². The minimum absolute atomic E-state index is 0.147. The van der Waals surface area contributed by atoms with Crippen LogP contribution in [0.4, 0.5) is 5.69 Å². The fourth-order valence-electron chi connectivity index (χ4n) is 5.30. The lowest BCUT2D eigenvalue weighted by atomic mass is 9.75. The van der Waals surface area contributed by atoms with Gasteiger partial charge in [0.1, 0.15) is 4.88 Å². The highest BCUT2D eigenvalue weighted by atomic mass is 32.1. The van der Waals surface area contributed by atoms with E-state index in [2.05, 4.69) is 67.2 Å². The molecule has 0 aliphatic carbocycles. The Bertz CT molecular complexity index is 1560. The minimum atomic E-state index is -0.601. The molecule has 0 bridgehead atoms. The molecule has 5 nitrogen and oxygen atoms in total. The molecule has 0 saturated heterocycles. The summed E-state index contributed by atoms with van der Waals surface area (Å²) in [6.07, 6.45) is 1.42. The van der Waals surface area contributed by atoms with E-state index in [1.165, 1.54) is 29.4 Å². The average molecular weight is 499 g/mol. The van der Waals surface area contributed by atoms with Crippen molar-refractivity contribution in [3.8, 4) is 23.0 Å². The van der Waals surface area contributed by atoms with Crippen LogP contribution in [0, 0.1) is 25.7 Å². The molecule has 0 fully saturated rings. The molecule has 184 valence electrons. The number of hydrogen-bond donors (Lipinski definition) is 3. The Labute approximate surface area is 215 Å². The third-order valence-corrected chi connectivity index (χ3v) is 8.14. The third-order valence-electron chi connectivity index (χ3n) is 7.25. The summed E-state index contributed by atoms with van der Waals surface area (Å²) in [5.41, 5.74) is 8.42. The largest absolute Gasteiger partial charge is 0.465 e. The van der Waals surface area contributed by atoms with Crippen LogP contribution in [0.1, 0.15) is 64.2 Å². The van der Waals surface area contributed by atoms with Gasteiger partial charge in [0.05, 0.1) is 29.8 Å². The van der Waals surface area contributed by atoms with Gasteiger partial charge in [-0.1, -0.05) is 37.0 Å². The molecule has 5 rings (SSSR count). The van der Waals surface area contributed by atoms with Crippen LogP contribution < -0.4 is 5.32 Å². The van der Waals surface area contributed by atoms with E-state index in [4.69, 9.17) is 4.74 Å². The maximum absolute atomic E-state index is 12.3. The van der Waals surface area contributed by atoms with E-state index in [9.17, 15) is 9.90 Å². The lowest BCUT2D eigenvalue weighted by Gasteiger charge is -2.43. The third kappa shape index (κ3) is 3.80. The van der Waals surface area contributed by atoms with Gasteiger partial charge in [0, 0.05) is 39.9 Å². The summed E-state index contributed by atoms with van der Waals surface area (Å²) < 4.78 is 4.95. The molecule has 3 N–H and O–H groups in total. The Morgan fingerprint density at radius 2 is 1.92 bits per heavy atom. The molecule has 2 atom stereocenters. The maximum atomic E-state index is 12.3. The first-order valence-corrected chi connectivity index (χ1v) is 12.9. The van der Waals surface area contributed by atoms with Crippen molar-refractivity contribution in [1.82, 2.24) is 4.98 Å². The number of aliphatic hydroxyl groups excluding tert-OH is 1. The van der Waals surface area contributed by atoms with E-state index in [0.29, 0.717) is 10.4 Å². The van der Waals surface area contributed by atoms with Gasteiger partial charge in [-0.25, -0.2) is 4.79 Å². The number of aryl methyl sites for hydroxylation is 2. The number of benzene rings is 2. The Kier molecular flexibility index (Phi) is 5.94. The van der Waals surface area contributed by atoms with Crippen molar-refractivity contribution in [2.24, 2.45) is 0 Å². The van der Waals surface area contributed by atoms with Crippen LogP contribution in [0.3, 0.4) is 0 Å². The molecule has 1 unspecified atom stereocenters. The molecule has 4 aromatic rings. The zero-order valence-corrected chi connectivity index (χ0v) is 22.2. The van der Waals surface area contributed by atoms with Gasteiger partial charge in [0.2, 0.25) is 0 Å². The lowest BCUT2D eigenvalue weighted by Crippen LogP contribution is -2.50. The first-order chi connectivity index (χ1) is 17.1. The Balaban J connectivity index is 1.82. The first kappa shape index (κ1) is 24.2. The highest BCUT2D eigenvalue weighted by molar-refractivity contribution is 7.12. The van der Waals surface area contributed by atoms with Gasteiger partial charge >= 0.3 is 5.97 Å². The molecule has 0 radical (unpaired) electrons. The predicted octanol–water partition coefficient (Wildman–Crippen LogP) is 6.37. The summed E-state index contributed by atoms with van der Waals surface area (Å²) in [5, 5.41) is 17.8. The number of aromatic amines is 1. The summed E-state index contributed by atoms with van der Waals surface area (Å²) in [6.45, 7) is 10.3. The van der Waals surface area contributed by atoms with E-state index in [1.54, 1.807) is 0 Å². The number of hydrogen-bond acceptors (Lipinski definition) is 5. The van der Waals surface area contributed by atoms with Gasteiger partial charge in [-0.05, 0) is 61.9 Å². The number of para-hydroxylation sites is 1. The molecule has 1 aliphatic heterocycles. The number of carbonyl (C=O) groups is 1. The number of nitrogens with one attached hydrogen (secondary N) is 2. The Morgan fingerprint density at radius 1 is 1.14 bits per heavy atom. The SMILES string of the molecule is COC(=O)c1sccc1C#Cc1c(-c2cccc3c(C)c[nH]c23)cc(C)c2c1[C@H](C)C(O)C(C)(C)N2. The number of ether oxygens (including phenoxy) is 1. The first-order valence-electron chi connectivity index (χ1n) is 12.0. The average Bonchev–Trinajstić information content (AvgIpc) is 3.48. The summed E-state index contributed by atoms with van der Waals surface area (Å²) in [5.74, 6) is 6.14. The molecule has 2 aromatic heterocycles. The van der Waals surface area contributed by atoms with E-state index in [0.717, 1.165) is 39.0 Å². The molecular weight excluding hydrogens is 468 g/mol. The quantitative estimate of drug-likeness (QED) is 0.222. The lowest BCUT2D eigenvalue weighted by molar-refractivity contribution is 0.0606. The van der Waals surface area contributed by atoms with Gasteiger partial charge in [-0.3, -0.25) is 0 Å². The number of esters is 1. The summed E-state index contributed by atoms with van der Waals surface area (Å²) in [6, 6.07) is 10.3. The Morgan fingerprint density at radius 3 is 2.67 bits per heavy atom. The zero-order chi connectivity index (χ0) is 25.8. The smallest absolute Gasteiger partial charge is 0.349 e. The van der Waals surface area contributed by atoms with Crippen molar-refractivity contribution in [3.63, 3.8) is 0 Å². The van der Waals surface area contributed by atoms with Gasteiger partial charge in [0.15, 0.2) is 0 Å². The molecule has 36 heavy (non-hydrogen) atoms. The standard InChI is InChI=1S/C30H30N2O3S/c1-16-14-23(22-9-7-8-20-17(2)15-31-26(20)22)21(11-10-19-12-13-36-27(19)29(34)35-6)24-18(3)28(33)30(4,5)32-25(16)24/h7-9,12-15,18,28,31-33H,1-6H3/t18-,28?/m0/s1. The molecular formula is C30H30N2O3S. The van der Waals surface area contributed by atoms with Crippen molar-refractivity contribution >= 4 is 33.9 Å². The van der Waals surface area contributed by atoms with Crippen molar-refractivity contribution in [2.45, 2.75) is 52.2 Å². The van der Waals surface area contributed by atoms with Gasteiger partial charge in [-0.2, -0.15) is 0 Å². The number of H-pyrrole nitrogens is 1. The molecule has 0 saturated carbocycles. The summed E-state index contributed by atoms with van der Waals surface area (Å²) >= 11 is 1.32. The normalized spacial score (nSPS) is 18.2. The second kappa shape index (κ2) is 8.85. The molecule has 3 heterocycles. The molecule has 0 spiro atoms. The number of methoxy groups -OCH3 is 1. The van der Waals surface area contributed by atoms with Crippen molar-refractivity contribution in [1.29, 1.82) is 0 Å². The summed E-state index contributed by atoms with van der Waals surface area (Å²) in [4.78, 5) is 16.2. The van der Waals surface area contributed by atoms with E-state index in [-0.39, 0.29) is 11.9 Å². The van der Waals surface area contributed by atoms with E-state index >= 15 is 0 Å². The number of anilines is 1. The van der Waals surface area contributed by atoms with E-state index in [1.807, 2.05) is 31.5 Å².